The minimum absolute atomic E-state index is 0.0453. The summed E-state index contributed by atoms with van der Waals surface area (Å²) in [5.74, 6) is 1.30. The number of rotatable bonds is 8. The van der Waals surface area contributed by atoms with Gasteiger partial charge in [-0.15, -0.1) is 0 Å². The molecule has 0 spiro atoms. The van der Waals surface area contributed by atoms with Crippen molar-refractivity contribution in [1.29, 1.82) is 0 Å². The number of anilines is 2. The highest BCUT2D eigenvalue weighted by Gasteiger charge is 2.07. The second-order valence-electron chi connectivity index (χ2n) is 4.47. The molecular formula is C13H22BrN5O. The van der Waals surface area contributed by atoms with Crippen LogP contribution in [0.1, 0.15) is 33.6 Å². The minimum Gasteiger partial charge on any atom is -0.368 e. The first kappa shape index (κ1) is 16.7. The number of amides is 1. The van der Waals surface area contributed by atoms with Crippen molar-refractivity contribution < 1.29 is 4.79 Å². The summed E-state index contributed by atoms with van der Waals surface area (Å²) < 4.78 is 0.779. The predicted molar refractivity (Wildman–Crippen MR) is 84.9 cm³/mol. The zero-order chi connectivity index (χ0) is 15.0. The summed E-state index contributed by atoms with van der Waals surface area (Å²) in [5.41, 5.74) is 0. The molecule has 20 heavy (non-hydrogen) atoms. The van der Waals surface area contributed by atoms with Crippen LogP contribution in [0.2, 0.25) is 0 Å². The van der Waals surface area contributed by atoms with Crippen LogP contribution in [-0.2, 0) is 4.79 Å². The molecule has 0 saturated carbocycles. The Kier molecular flexibility index (Phi) is 7.28. The summed E-state index contributed by atoms with van der Waals surface area (Å²) in [4.78, 5) is 20.1. The van der Waals surface area contributed by atoms with Crippen molar-refractivity contribution in [3.8, 4) is 0 Å². The number of carbonyl (C=O) groups excluding carboxylic acids is 1. The van der Waals surface area contributed by atoms with E-state index >= 15 is 0 Å². The van der Waals surface area contributed by atoms with Crippen LogP contribution >= 0.6 is 15.9 Å². The molecule has 1 aromatic heterocycles. The number of hydrogen-bond donors (Lipinski definition) is 3. The van der Waals surface area contributed by atoms with Gasteiger partial charge in [-0.1, -0.05) is 6.92 Å². The van der Waals surface area contributed by atoms with E-state index in [2.05, 4.69) is 41.8 Å². The molecule has 0 bridgehead atoms. The zero-order valence-corrected chi connectivity index (χ0v) is 13.7. The number of carbonyl (C=O) groups is 1. The Morgan fingerprint density at radius 2 is 2.15 bits per heavy atom. The van der Waals surface area contributed by atoms with Gasteiger partial charge in [-0.3, -0.25) is 4.79 Å². The second kappa shape index (κ2) is 8.73. The average molecular weight is 344 g/mol. The van der Waals surface area contributed by atoms with Gasteiger partial charge in [0.2, 0.25) is 11.9 Å². The zero-order valence-electron chi connectivity index (χ0n) is 12.2. The highest BCUT2D eigenvalue weighted by Crippen LogP contribution is 2.19. The maximum Gasteiger partial charge on any atom is 0.224 e. The van der Waals surface area contributed by atoms with E-state index in [4.69, 9.17) is 0 Å². The van der Waals surface area contributed by atoms with Crippen LogP contribution in [0.15, 0.2) is 10.7 Å². The SMILES string of the molecule is CCNc1ncc(Br)c(NCCC(=O)NC(C)CC)n1. The first-order valence-corrected chi connectivity index (χ1v) is 7.65. The summed E-state index contributed by atoms with van der Waals surface area (Å²) in [6, 6.07) is 0.216. The van der Waals surface area contributed by atoms with Crippen LogP contribution in [0.4, 0.5) is 11.8 Å². The van der Waals surface area contributed by atoms with Crippen LogP contribution in [0.25, 0.3) is 0 Å². The van der Waals surface area contributed by atoms with Gasteiger partial charge in [0.25, 0.3) is 0 Å². The van der Waals surface area contributed by atoms with E-state index in [1.54, 1.807) is 6.20 Å². The molecule has 1 heterocycles. The first-order valence-electron chi connectivity index (χ1n) is 6.86. The van der Waals surface area contributed by atoms with Crippen LogP contribution in [0.5, 0.6) is 0 Å². The number of aromatic nitrogens is 2. The lowest BCUT2D eigenvalue weighted by Crippen LogP contribution is -2.33. The third-order valence-corrected chi connectivity index (χ3v) is 3.32. The molecule has 6 nitrogen and oxygen atoms in total. The molecule has 0 aliphatic carbocycles. The summed E-state index contributed by atoms with van der Waals surface area (Å²) in [6.07, 6.45) is 3.03. The third-order valence-electron chi connectivity index (χ3n) is 2.74. The molecule has 0 aromatic carbocycles. The Morgan fingerprint density at radius 3 is 2.80 bits per heavy atom. The summed E-state index contributed by atoms with van der Waals surface area (Å²) in [7, 11) is 0. The number of nitrogens with zero attached hydrogens (tertiary/aromatic N) is 2. The number of hydrogen-bond acceptors (Lipinski definition) is 5. The topological polar surface area (TPSA) is 78.9 Å². The molecule has 1 aromatic rings. The lowest BCUT2D eigenvalue weighted by atomic mass is 10.2. The molecule has 3 N–H and O–H groups in total. The Bertz CT molecular complexity index is 441. The van der Waals surface area contributed by atoms with Crippen LogP contribution in [0.3, 0.4) is 0 Å². The molecule has 1 rings (SSSR count). The second-order valence-corrected chi connectivity index (χ2v) is 5.33. The summed E-state index contributed by atoms with van der Waals surface area (Å²) in [5, 5.41) is 9.11. The van der Waals surface area contributed by atoms with E-state index in [1.165, 1.54) is 0 Å². The molecule has 1 unspecified atom stereocenters. The van der Waals surface area contributed by atoms with E-state index < -0.39 is 0 Å². The molecule has 7 heteroatoms. The van der Waals surface area contributed by atoms with Crippen molar-refractivity contribution in [2.24, 2.45) is 0 Å². The fraction of sp³-hybridized carbons (Fsp3) is 0.615. The Labute approximate surface area is 128 Å². The maximum atomic E-state index is 11.6. The fourth-order valence-electron chi connectivity index (χ4n) is 1.48. The molecule has 0 fully saturated rings. The largest absolute Gasteiger partial charge is 0.368 e. The molecule has 0 saturated heterocycles. The number of nitrogens with one attached hydrogen (secondary N) is 3. The molecule has 112 valence electrons. The van der Waals surface area contributed by atoms with Gasteiger partial charge in [0.05, 0.1) is 4.47 Å². The van der Waals surface area contributed by atoms with Gasteiger partial charge < -0.3 is 16.0 Å². The standard InChI is InChI=1S/C13H22BrN5O/c1-4-9(3)18-11(20)6-7-16-12-10(14)8-17-13(19-12)15-5-2/h8-9H,4-7H2,1-3H3,(H,18,20)(H2,15,16,17,19). The first-order chi connectivity index (χ1) is 9.56. The quantitative estimate of drug-likeness (QED) is 0.675. The van der Waals surface area contributed by atoms with Crippen LogP contribution in [0, 0.1) is 0 Å². The van der Waals surface area contributed by atoms with Crippen LogP contribution in [-0.4, -0.2) is 35.0 Å². The summed E-state index contributed by atoms with van der Waals surface area (Å²) >= 11 is 3.38. The van der Waals surface area contributed by atoms with Crippen molar-refractivity contribution in [3.63, 3.8) is 0 Å². The monoisotopic (exact) mass is 343 g/mol. The van der Waals surface area contributed by atoms with E-state index in [9.17, 15) is 4.79 Å². The summed E-state index contributed by atoms with van der Waals surface area (Å²) in [6.45, 7) is 7.32. The van der Waals surface area contributed by atoms with Gasteiger partial charge in [-0.2, -0.15) is 4.98 Å². The lowest BCUT2D eigenvalue weighted by Gasteiger charge is -2.12. The molecule has 1 amide bonds. The van der Waals surface area contributed by atoms with Crippen molar-refractivity contribution in [1.82, 2.24) is 15.3 Å². The van der Waals surface area contributed by atoms with Gasteiger partial charge in [0.1, 0.15) is 5.82 Å². The highest BCUT2D eigenvalue weighted by molar-refractivity contribution is 9.10. The van der Waals surface area contributed by atoms with E-state index in [0.29, 0.717) is 24.7 Å². The Balaban J connectivity index is 2.45. The van der Waals surface area contributed by atoms with E-state index in [-0.39, 0.29) is 11.9 Å². The van der Waals surface area contributed by atoms with Gasteiger partial charge in [-0.25, -0.2) is 4.98 Å². The smallest absolute Gasteiger partial charge is 0.224 e. The fourth-order valence-corrected chi connectivity index (χ4v) is 1.81. The van der Waals surface area contributed by atoms with E-state index in [0.717, 1.165) is 17.4 Å². The Morgan fingerprint density at radius 1 is 1.40 bits per heavy atom. The Hall–Kier alpha value is -1.37. The van der Waals surface area contributed by atoms with Crippen molar-refractivity contribution >= 4 is 33.6 Å². The molecule has 0 aliphatic heterocycles. The third kappa shape index (κ3) is 5.73. The van der Waals surface area contributed by atoms with Crippen LogP contribution < -0.4 is 16.0 Å². The van der Waals surface area contributed by atoms with Gasteiger partial charge >= 0.3 is 0 Å². The lowest BCUT2D eigenvalue weighted by molar-refractivity contribution is -0.121. The minimum atomic E-state index is 0.0453. The van der Waals surface area contributed by atoms with E-state index in [1.807, 2.05) is 20.8 Å². The average Bonchev–Trinajstić information content (AvgIpc) is 2.42. The number of halogens is 1. The predicted octanol–water partition coefficient (Wildman–Crippen LogP) is 2.39. The molecule has 0 radical (unpaired) electrons. The van der Waals surface area contributed by atoms with Gasteiger partial charge in [0.15, 0.2) is 0 Å². The highest BCUT2D eigenvalue weighted by atomic mass is 79.9. The molecule has 1 atom stereocenters. The van der Waals surface area contributed by atoms with Crippen molar-refractivity contribution in [2.75, 3.05) is 23.7 Å². The van der Waals surface area contributed by atoms with Crippen molar-refractivity contribution in [3.05, 3.63) is 10.7 Å². The van der Waals surface area contributed by atoms with Gasteiger partial charge in [0, 0.05) is 31.7 Å². The maximum absolute atomic E-state index is 11.6. The van der Waals surface area contributed by atoms with Crippen molar-refractivity contribution in [2.45, 2.75) is 39.7 Å². The molecular weight excluding hydrogens is 322 g/mol. The normalized spacial score (nSPS) is 11.8. The van der Waals surface area contributed by atoms with Gasteiger partial charge in [-0.05, 0) is 36.2 Å². The molecule has 0 aliphatic rings.